The zero-order valence-corrected chi connectivity index (χ0v) is 24.2. The van der Waals surface area contributed by atoms with E-state index in [9.17, 15) is 13.6 Å². The first-order valence-electron chi connectivity index (χ1n) is 15.3. The summed E-state index contributed by atoms with van der Waals surface area (Å²) in [5.41, 5.74) is 1.35. The number of rotatable bonds is 9. The highest BCUT2D eigenvalue weighted by atomic mass is 19.2. The van der Waals surface area contributed by atoms with Gasteiger partial charge in [0.1, 0.15) is 5.75 Å². The van der Waals surface area contributed by atoms with Crippen molar-refractivity contribution in [3.63, 3.8) is 0 Å². The van der Waals surface area contributed by atoms with Crippen LogP contribution in [0.2, 0.25) is 0 Å². The van der Waals surface area contributed by atoms with Gasteiger partial charge in [0, 0.05) is 24.5 Å². The van der Waals surface area contributed by atoms with Crippen LogP contribution >= 0.6 is 0 Å². The van der Waals surface area contributed by atoms with Gasteiger partial charge in [0.05, 0.1) is 12.5 Å². The number of nitrogens with zero attached hydrogens (tertiary/aromatic N) is 3. The summed E-state index contributed by atoms with van der Waals surface area (Å²) >= 11 is 0. The van der Waals surface area contributed by atoms with Gasteiger partial charge < -0.3 is 19.4 Å². The molecule has 0 saturated carbocycles. The summed E-state index contributed by atoms with van der Waals surface area (Å²) in [7, 11) is 0. The minimum absolute atomic E-state index is 0.0634. The van der Waals surface area contributed by atoms with Crippen molar-refractivity contribution < 1.29 is 18.3 Å². The second-order valence-electron chi connectivity index (χ2n) is 12.4. The maximum absolute atomic E-state index is 14.4. The van der Waals surface area contributed by atoms with Crippen LogP contribution in [-0.4, -0.2) is 78.6 Å². The molecule has 3 aliphatic rings. The highest BCUT2D eigenvalue weighted by Crippen LogP contribution is 2.39. The molecule has 0 spiro atoms. The van der Waals surface area contributed by atoms with Gasteiger partial charge in [-0.3, -0.25) is 4.79 Å². The van der Waals surface area contributed by atoms with Gasteiger partial charge in [-0.05, 0) is 120 Å². The number of hydrogen-bond acceptors (Lipinski definition) is 4. The van der Waals surface area contributed by atoms with Gasteiger partial charge in [-0.2, -0.15) is 0 Å². The number of hydrogen-bond donors (Lipinski definition) is 0. The highest BCUT2D eigenvalue weighted by molar-refractivity contribution is 5.79. The molecule has 3 saturated heterocycles. The van der Waals surface area contributed by atoms with Crippen LogP contribution in [0.1, 0.15) is 69.9 Å². The van der Waals surface area contributed by atoms with Crippen molar-refractivity contribution in [1.82, 2.24) is 14.7 Å². The highest BCUT2D eigenvalue weighted by Gasteiger charge is 2.42. The molecule has 218 valence electrons. The van der Waals surface area contributed by atoms with Crippen LogP contribution in [0, 0.1) is 11.6 Å². The number of halogens is 2. The Kier molecular flexibility index (Phi) is 9.41. The van der Waals surface area contributed by atoms with Crippen LogP contribution in [-0.2, 0) is 16.6 Å². The van der Waals surface area contributed by atoms with E-state index < -0.39 is 11.6 Å². The van der Waals surface area contributed by atoms with E-state index in [4.69, 9.17) is 4.74 Å². The molecule has 3 fully saturated rings. The maximum Gasteiger partial charge on any atom is 0.227 e. The van der Waals surface area contributed by atoms with Gasteiger partial charge in [-0.1, -0.05) is 24.6 Å². The lowest BCUT2D eigenvalue weighted by Crippen LogP contribution is -2.47. The lowest BCUT2D eigenvalue weighted by atomic mass is 9.76. The van der Waals surface area contributed by atoms with Gasteiger partial charge in [0.15, 0.2) is 11.6 Å². The van der Waals surface area contributed by atoms with E-state index in [0.29, 0.717) is 25.6 Å². The summed E-state index contributed by atoms with van der Waals surface area (Å²) in [6, 6.07) is 12.7. The number of piperidine rings is 2. The van der Waals surface area contributed by atoms with Gasteiger partial charge in [-0.15, -0.1) is 0 Å². The summed E-state index contributed by atoms with van der Waals surface area (Å²) in [6.07, 6.45) is 8.35. The van der Waals surface area contributed by atoms with Gasteiger partial charge in [0.2, 0.25) is 5.91 Å². The number of benzene rings is 2. The van der Waals surface area contributed by atoms with Crippen molar-refractivity contribution in [3.8, 4) is 5.75 Å². The van der Waals surface area contributed by atoms with E-state index in [1.54, 1.807) is 6.07 Å². The number of carbonyl (C=O) groups is 1. The van der Waals surface area contributed by atoms with E-state index in [0.717, 1.165) is 49.4 Å². The molecule has 0 radical (unpaired) electrons. The minimum Gasteiger partial charge on any atom is -0.491 e. The van der Waals surface area contributed by atoms with Crippen LogP contribution in [0.3, 0.4) is 0 Å². The molecule has 40 heavy (non-hydrogen) atoms. The van der Waals surface area contributed by atoms with Crippen LogP contribution in [0.5, 0.6) is 5.75 Å². The number of amides is 1. The Morgan fingerprint density at radius 3 is 2.48 bits per heavy atom. The van der Waals surface area contributed by atoms with Crippen molar-refractivity contribution >= 4 is 5.91 Å². The summed E-state index contributed by atoms with van der Waals surface area (Å²) in [6.45, 7) is 10.7. The van der Waals surface area contributed by atoms with E-state index in [2.05, 4.69) is 9.80 Å². The molecule has 1 amide bonds. The molecule has 3 aliphatic heterocycles. The van der Waals surface area contributed by atoms with E-state index >= 15 is 0 Å². The van der Waals surface area contributed by atoms with Crippen molar-refractivity contribution in [2.75, 3.05) is 45.8 Å². The van der Waals surface area contributed by atoms with Crippen molar-refractivity contribution in [2.24, 2.45) is 0 Å². The molecule has 0 N–H and O–H groups in total. The summed E-state index contributed by atoms with van der Waals surface area (Å²) in [5, 5.41) is 0. The first-order chi connectivity index (χ1) is 19.3. The molecular formula is C33H45F2N3O2. The largest absolute Gasteiger partial charge is 0.491 e. The Hall–Kier alpha value is -2.51. The molecule has 3 heterocycles. The van der Waals surface area contributed by atoms with Crippen LogP contribution in [0.4, 0.5) is 8.78 Å². The average molecular weight is 554 g/mol. The van der Waals surface area contributed by atoms with E-state index in [1.807, 2.05) is 43.0 Å². The first kappa shape index (κ1) is 29.0. The summed E-state index contributed by atoms with van der Waals surface area (Å²) < 4.78 is 34.1. The molecular weight excluding hydrogens is 508 g/mol. The fraction of sp³-hybridized carbons (Fsp3) is 0.606. The van der Waals surface area contributed by atoms with E-state index in [1.165, 1.54) is 57.3 Å². The molecule has 5 rings (SSSR count). The third-order valence-electron chi connectivity index (χ3n) is 9.23. The Labute approximate surface area is 238 Å². The SMILES string of the molecule is CC(C)Oc1cccc(CC(=O)N2CC[C@@](CCN3CCC(N4CCCCC4)CC3)(c3ccc(F)c(F)c3)C2)c1. The quantitative estimate of drug-likeness (QED) is 0.393. The monoisotopic (exact) mass is 553 g/mol. The molecule has 2 aromatic rings. The standard InChI is InChI=1S/C33H45F2N3O2/c1-25(2)40-29-8-6-7-26(21-29)22-32(39)38-20-14-33(24-38,27-9-10-30(34)31(35)23-27)13-19-36-17-11-28(12-18-36)37-15-4-3-5-16-37/h6-10,21,23,25,28H,3-5,11-20,22,24H2,1-2H3/t33-/m1/s1. The second kappa shape index (κ2) is 13.0. The molecule has 1 atom stereocenters. The van der Waals surface area contributed by atoms with Gasteiger partial charge in [-0.25, -0.2) is 8.78 Å². The van der Waals surface area contributed by atoms with Crippen LogP contribution in [0.15, 0.2) is 42.5 Å². The van der Waals surface area contributed by atoms with Crippen molar-refractivity contribution in [3.05, 3.63) is 65.2 Å². The lowest BCUT2D eigenvalue weighted by molar-refractivity contribution is -0.129. The predicted octanol–water partition coefficient (Wildman–Crippen LogP) is 5.81. The lowest BCUT2D eigenvalue weighted by Gasteiger charge is -2.41. The third-order valence-corrected chi connectivity index (χ3v) is 9.23. The van der Waals surface area contributed by atoms with Crippen molar-refractivity contribution in [1.29, 1.82) is 0 Å². The Morgan fingerprint density at radius 1 is 0.975 bits per heavy atom. The third kappa shape index (κ3) is 7.03. The fourth-order valence-electron chi connectivity index (χ4n) is 6.95. The average Bonchev–Trinajstić information content (AvgIpc) is 3.40. The summed E-state index contributed by atoms with van der Waals surface area (Å²) in [5.74, 6) is -0.811. The van der Waals surface area contributed by atoms with Crippen molar-refractivity contribution in [2.45, 2.75) is 82.8 Å². The molecule has 0 aromatic heterocycles. The fourth-order valence-corrected chi connectivity index (χ4v) is 6.95. The van der Waals surface area contributed by atoms with Crippen LogP contribution < -0.4 is 4.74 Å². The zero-order valence-electron chi connectivity index (χ0n) is 24.2. The maximum atomic E-state index is 14.4. The molecule has 5 nitrogen and oxygen atoms in total. The predicted molar refractivity (Wildman–Crippen MR) is 155 cm³/mol. The van der Waals surface area contributed by atoms with Gasteiger partial charge in [0.25, 0.3) is 0 Å². The molecule has 0 bridgehead atoms. The summed E-state index contributed by atoms with van der Waals surface area (Å²) in [4.78, 5) is 20.6. The Balaban J connectivity index is 1.24. The minimum atomic E-state index is -0.826. The smallest absolute Gasteiger partial charge is 0.227 e. The first-order valence-corrected chi connectivity index (χ1v) is 15.3. The van der Waals surface area contributed by atoms with E-state index in [-0.39, 0.29) is 17.4 Å². The molecule has 7 heteroatoms. The molecule has 0 aliphatic carbocycles. The molecule has 0 unspecified atom stereocenters. The number of carbonyl (C=O) groups excluding carboxylic acids is 1. The Morgan fingerprint density at radius 2 is 1.75 bits per heavy atom. The Bertz CT molecular complexity index is 1140. The number of likely N-dealkylation sites (tertiary alicyclic amines) is 3. The van der Waals surface area contributed by atoms with Crippen LogP contribution in [0.25, 0.3) is 0 Å². The number of ether oxygens (including phenoxy) is 1. The topological polar surface area (TPSA) is 36.0 Å². The zero-order chi connectivity index (χ0) is 28.1. The normalized spacial score (nSPS) is 23.2. The molecule has 2 aromatic carbocycles. The van der Waals surface area contributed by atoms with Gasteiger partial charge >= 0.3 is 0 Å². The second-order valence-corrected chi connectivity index (χ2v) is 12.4.